The summed E-state index contributed by atoms with van der Waals surface area (Å²) in [6.45, 7) is 1.98. The largest absolute Gasteiger partial charge is 0.278 e. The lowest BCUT2D eigenvalue weighted by atomic mass is 10.1. The van der Waals surface area contributed by atoms with Gasteiger partial charge in [-0.15, -0.1) is 0 Å². The van der Waals surface area contributed by atoms with Crippen LogP contribution in [0.4, 0.5) is 5.69 Å². The number of nitrogens with two attached hydrogens (primary N) is 1. The molecule has 2 rings (SSSR count). The Hall–Kier alpha value is -1.92. The number of primary sulfonamides is 1. The van der Waals surface area contributed by atoms with Crippen molar-refractivity contribution in [1.29, 1.82) is 0 Å². The first-order valence-electron chi connectivity index (χ1n) is 5.76. The van der Waals surface area contributed by atoms with Gasteiger partial charge in [0.05, 0.1) is 16.3 Å². The summed E-state index contributed by atoms with van der Waals surface area (Å²) < 4.78 is 22.2. The van der Waals surface area contributed by atoms with Crippen molar-refractivity contribution >= 4 is 21.4 Å². The number of hydrogen-bond acceptors (Lipinski definition) is 4. The van der Waals surface area contributed by atoms with Crippen LogP contribution < -0.4 is 10.6 Å². The molecule has 19 heavy (non-hydrogen) atoms. The quantitative estimate of drug-likeness (QED) is 0.827. The highest BCUT2D eigenvalue weighted by Crippen LogP contribution is 2.15. The van der Waals surface area contributed by atoms with Crippen molar-refractivity contribution in [2.45, 2.75) is 13.3 Å². The molecule has 1 aromatic rings. The van der Waals surface area contributed by atoms with E-state index in [-0.39, 0.29) is 4.91 Å². The Morgan fingerprint density at radius 3 is 2.58 bits per heavy atom. The fraction of sp³-hybridized carbons (Fsp3) is 0.154. The van der Waals surface area contributed by atoms with Crippen molar-refractivity contribution in [2.24, 2.45) is 10.2 Å². The van der Waals surface area contributed by atoms with E-state index in [0.717, 1.165) is 17.0 Å². The first kappa shape index (κ1) is 13.5. The fourth-order valence-corrected chi connectivity index (χ4v) is 2.22. The zero-order chi connectivity index (χ0) is 13.9. The van der Waals surface area contributed by atoms with Crippen LogP contribution in [0, 0.1) is 6.92 Å². The molecule has 0 fully saturated rings. The predicted octanol–water partition coefficient (Wildman–Crippen LogP) is 1.90. The minimum atomic E-state index is -3.62. The van der Waals surface area contributed by atoms with Gasteiger partial charge in [0.25, 0.3) is 0 Å². The van der Waals surface area contributed by atoms with Gasteiger partial charge in [-0.1, -0.05) is 24.3 Å². The second kappa shape index (κ2) is 5.38. The molecule has 0 atom stereocenters. The number of para-hydroxylation sites is 1. The molecule has 1 aliphatic carbocycles. The van der Waals surface area contributed by atoms with E-state index in [9.17, 15) is 8.42 Å². The SMILES string of the molecule is Cc1ccccc1NN=C1C=CC(S(N)(=O)=O)=CC1. The Morgan fingerprint density at radius 2 is 2.00 bits per heavy atom. The maximum absolute atomic E-state index is 11.1. The average molecular weight is 277 g/mol. The molecule has 1 aliphatic rings. The standard InChI is InChI=1S/C13H15N3O2S/c1-10-4-2-3-5-13(10)16-15-11-6-8-12(9-7-11)19(14,17)18/h2-6,8-9,16H,7H2,1H3,(H2,14,17,18). The van der Waals surface area contributed by atoms with Crippen LogP contribution in [-0.4, -0.2) is 14.1 Å². The maximum atomic E-state index is 11.1. The van der Waals surface area contributed by atoms with Crippen LogP contribution in [0.5, 0.6) is 0 Å². The van der Waals surface area contributed by atoms with Gasteiger partial charge in [0.2, 0.25) is 10.0 Å². The maximum Gasteiger partial charge on any atom is 0.237 e. The number of nitrogens with one attached hydrogen (secondary N) is 1. The van der Waals surface area contributed by atoms with Crippen LogP contribution in [-0.2, 0) is 10.0 Å². The third-order valence-electron chi connectivity index (χ3n) is 2.75. The monoisotopic (exact) mass is 277 g/mol. The van der Waals surface area contributed by atoms with Crippen molar-refractivity contribution in [2.75, 3.05) is 5.43 Å². The Labute approximate surface area is 112 Å². The number of aryl methyl sites for hydroxylation is 1. The minimum Gasteiger partial charge on any atom is -0.278 e. The summed E-state index contributed by atoms with van der Waals surface area (Å²) in [6.07, 6.45) is 5.08. The molecule has 0 saturated heterocycles. The van der Waals surface area contributed by atoms with E-state index in [1.54, 1.807) is 12.2 Å². The number of nitrogens with zero attached hydrogens (tertiary/aromatic N) is 1. The molecule has 0 aromatic heterocycles. The van der Waals surface area contributed by atoms with E-state index < -0.39 is 10.0 Å². The van der Waals surface area contributed by atoms with Gasteiger partial charge >= 0.3 is 0 Å². The molecule has 0 bridgehead atoms. The normalized spacial score (nSPS) is 17.4. The second-order valence-corrected chi connectivity index (χ2v) is 5.78. The van der Waals surface area contributed by atoms with Gasteiger partial charge in [-0.25, -0.2) is 13.6 Å². The molecular formula is C13H15N3O2S. The van der Waals surface area contributed by atoms with Gasteiger partial charge < -0.3 is 0 Å². The lowest BCUT2D eigenvalue weighted by Gasteiger charge is -2.08. The van der Waals surface area contributed by atoms with E-state index in [1.807, 2.05) is 31.2 Å². The highest BCUT2D eigenvalue weighted by atomic mass is 32.2. The summed E-state index contributed by atoms with van der Waals surface area (Å²) >= 11 is 0. The molecule has 0 unspecified atom stereocenters. The van der Waals surface area contributed by atoms with Crippen LogP contribution in [0.3, 0.4) is 0 Å². The molecular weight excluding hydrogens is 262 g/mol. The number of sulfonamides is 1. The summed E-state index contributed by atoms with van der Waals surface area (Å²) in [5.41, 5.74) is 5.72. The minimum absolute atomic E-state index is 0.127. The molecule has 100 valence electrons. The zero-order valence-corrected chi connectivity index (χ0v) is 11.3. The van der Waals surface area contributed by atoms with Crippen molar-refractivity contribution in [3.63, 3.8) is 0 Å². The van der Waals surface area contributed by atoms with Gasteiger partial charge in [0.1, 0.15) is 0 Å². The molecule has 6 heteroatoms. The highest BCUT2D eigenvalue weighted by molar-refractivity contribution is 7.93. The molecule has 0 spiro atoms. The van der Waals surface area contributed by atoms with Crippen LogP contribution in [0.2, 0.25) is 0 Å². The smallest absolute Gasteiger partial charge is 0.237 e. The Bertz CT molecular complexity index is 673. The van der Waals surface area contributed by atoms with Crippen molar-refractivity contribution in [1.82, 2.24) is 0 Å². The molecule has 5 nitrogen and oxygen atoms in total. The lowest BCUT2D eigenvalue weighted by molar-refractivity contribution is 0.604. The highest BCUT2D eigenvalue weighted by Gasteiger charge is 2.12. The summed E-state index contributed by atoms with van der Waals surface area (Å²) in [5, 5.41) is 9.27. The fourth-order valence-electron chi connectivity index (χ4n) is 1.64. The topological polar surface area (TPSA) is 84.5 Å². The number of allylic oxidation sites excluding steroid dienone is 3. The Kier molecular flexibility index (Phi) is 3.82. The second-order valence-electron chi connectivity index (χ2n) is 4.22. The lowest BCUT2D eigenvalue weighted by Crippen LogP contribution is -2.15. The number of hydrazone groups is 1. The molecule has 0 radical (unpaired) electrons. The van der Waals surface area contributed by atoms with Crippen molar-refractivity contribution < 1.29 is 8.42 Å². The number of rotatable bonds is 3. The van der Waals surface area contributed by atoms with E-state index in [0.29, 0.717) is 6.42 Å². The zero-order valence-electron chi connectivity index (χ0n) is 10.5. The number of hydrogen-bond donors (Lipinski definition) is 2. The Balaban J connectivity index is 2.08. The molecule has 0 aliphatic heterocycles. The summed E-state index contributed by atoms with van der Waals surface area (Å²) in [4.78, 5) is 0.127. The van der Waals surface area contributed by atoms with Gasteiger partial charge in [0, 0.05) is 6.42 Å². The molecule has 3 N–H and O–H groups in total. The summed E-state index contributed by atoms with van der Waals surface area (Å²) in [7, 11) is -3.62. The Morgan fingerprint density at radius 1 is 1.26 bits per heavy atom. The number of anilines is 1. The predicted molar refractivity (Wildman–Crippen MR) is 77.2 cm³/mol. The first-order chi connectivity index (χ1) is 8.97. The summed E-state index contributed by atoms with van der Waals surface area (Å²) in [5.74, 6) is 0. The summed E-state index contributed by atoms with van der Waals surface area (Å²) in [6, 6.07) is 7.79. The van der Waals surface area contributed by atoms with Crippen LogP contribution in [0.15, 0.2) is 52.5 Å². The van der Waals surface area contributed by atoms with Gasteiger partial charge in [0.15, 0.2) is 0 Å². The third-order valence-corrected chi connectivity index (χ3v) is 3.71. The van der Waals surface area contributed by atoms with E-state index >= 15 is 0 Å². The van der Waals surface area contributed by atoms with Gasteiger partial charge in [-0.3, -0.25) is 5.43 Å². The molecule has 0 amide bonds. The van der Waals surface area contributed by atoms with Crippen molar-refractivity contribution in [3.05, 3.63) is 53.0 Å². The van der Waals surface area contributed by atoms with Crippen LogP contribution in [0.25, 0.3) is 0 Å². The van der Waals surface area contributed by atoms with Crippen molar-refractivity contribution in [3.8, 4) is 0 Å². The van der Waals surface area contributed by atoms with E-state index in [1.165, 1.54) is 6.08 Å². The third kappa shape index (κ3) is 3.52. The van der Waals surface area contributed by atoms with Crippen LogP contribution >= 0.6 is 0 Å². The first-order valence-corrected chi connectivity index (χ1v) is 7.31. The molecule has 1 aromatic carbocycles. The van der Waals surface area contributed by atoms with Gasteiger partial charge in [-0.05, 0) is 30.7 Å². The molecule has 0 heterocycles. The number of benzene rings is 1. The van der Waals surface area contributed by atoms with Gasteiger partial charge in [-0.2, -0.15) is 5.10 Å². The molecule has 0 saturated carbocycles. The van der Waals surface area contributed by atoms with E-state index in [2.05, 4.69) is 10.5 Å². The van der Waals surface area contributed by atoms with Crippen LogP contribution in [0.1, 0.15) is 12.0 Å². The van der Waals surface area contributed by atoms with E-state index in [4.69, 9.17) is 5.14 Å². The average Bonchev–Trinajstić information content (AvgIpc) is 2.37.